The maximum atomic E-state index is 11.8. The molecule has 0 bridgehead atoms. The summed E-state index contributed by atoms with van der Waals surface area (Å²) in [7, 11) is -2.94. The molecule has 3 atom stereocenters. The minimum absolute atomic E-state index is 0.131. The average molecular weight is 301 g/mol. The molecule has 1 fully saturated rings. The van der Waals surface area contributed by atoms with E-state index in [-0.39, 0.29) is 11.3 Å². The molecule has 0 saturated heterocycles. The number of nitrogens with one attached hydrogen (secondary N) is 1. The van der Waals surface area contributed by atoms with Gasteiger partial charge in [0.1, 0.15) is 0 Å². The zero-order chi connectivity index (χ0) is 13.9. The third-order valence-corrected chi connectivity index (χ3v) is 6.74. The van der Waals surface area contributed by atoms with E-state index in [0.717, 1.165) is 32.2 Å². The second kappa shape index (κ2) is 6.37. The summed E-state index contributed by atoms with van der Waals surface area (Å²) in [5, 5.41) is 5.39. The molecule has 3 nitrogen and oxygen atoms in total. The Bertz CT molecular complexity index is 482. The Labute approximate surface area is 120 Å². The van der Waals surface area contributed by atoms with Gasteiger partial charge in [0.15, 0.2) is 9.84 Å². The van der Waals surface area contributed by atoms with Crippen LogP contribution in [0.15, 0.2) is 17.5 Å². The van der Waals surface area contributed by atoms with E-state index >= 15 is 0 Å². The molecule has 1 aromatic heterocycles. The molecule has 0 aromatic carbocycles. The fraction of sp³-hybridized carbons (Fsp3) is 0.714. The van der Waals surface area contributed by atoms with Crippen LogP contribution >= 0.6 is 11.3 Å². The summed E-state index contributed by atoms with van der Waals surface area (Å²) in [4.78, 5) is 1.36. The quantitative estimate of drug-likeness (QED) is 0.909. The van der Waals surface area contributed by atoms with Gasteiger partial charge in [0, 0.05) is 29.6 Å². The molecule has 1 aromatic rings. The fourth-order valence-corrected chi connectivity index (χ4v) is 5.05. The van der Waals surface area contributed by atoms with Gasteiger partial charge in [0.05, 0.1) is 5.25 Å². The monoisotopic (exact) mass is 301 g/mol. The Kier molecular flexibility index (Phi) is 5.03. The Balaban J connectivity index is 1.93. The van der Waals surface area contributed by atoms with Gasteiger partial charge in [-0.25, -0.2) is 8.42 Å². The number of thiophene rings is 1. The van der Waals surface area contributed by atoms with Crippen molar-refractivity contribution in [3.05, 3.63) is 22.4 Å². The van der Waals surface area contributed by atoms with Gasteiger partial charge in [0.25, 0.3) is 0 Å². The van der Waals surface area contributed by atoms with Crippen molar-refractivity contribution in [2.75, 3.05) is 12.8 Å². The van der Waals surface area contributed by atoms with Crippen LogP contribution in [-0.4, -0.2) is 32.5 Å². The molecule has 3 unspecified atom stereocenters. The largest absolute Gasteiger partial charge is 0.312 e. The molecule has 19 heavy (non-hydrogen) atoms. The van der Waals surface area contributed by atoms with Crippen molar-refractivity contribution < 1.29 is 8.42 Å². The molecular weight excluding hydrogens is 278 g/mol. The number of hydrogen-bond donors (Lipinski definition) is 1. The van der Waals surface area contributed by atoms with Crippen molar-refractivity contribution in [1.29, 1.82) is 0 Å². The van der Waals surface area contributed by atoms with Gasteiger partial charge in [-0.3, -0.25) is 0 Å². The van der Waals surface area contributed by atoms with Gasteiger partial charge in [-0.2, -0.15) is 0 Å². The number of sulfone groups is 1. The molecule has 1 aliphatic rings. The zero-order valence-electron chi connectivity index (χ0n) is 11.6. The normalized spacial score (nSPS) is 26.2. The van der Waals surface area contributed by atoms with Crippen LogP contribution in [0.4, 0.5) is 0 Å². The van der Waals surface area contributed by atoms with Gasteiger partial charge < -0.3 is 5.32 Å². The van der Waals surface area contributed by atoms with E-state index in [0.29, 0.717) is 5.92 Å². The average Bonchev–Trinajstić information content (AvgIpc) is 2.89. The predicted octanol–water partition coefficient (Wildman–Crippen LogP) is 2.80. The highest BCUT2D eigenvalue weighted by atomic mass is 32.2. The van der Waals surface area contributed by atoms with Gasteiger partial charge in [-0.1, -0.05) is 25.8 Å². The second-order valence-electron chi connectivity index (χ2n) is 5.58. The zero-order valence-corrected chi connectivity index (χ0v) is 13.3. The first-order valence-corrected chi connectivity index (χ1v) is 9.77. The Morgan fingerprint density at radius 1 is 1.42 bits per heavy atom. The minimum atomic E-state index is -2.94. The molecule has 2 rings (SSSR count). The highest BCUT2D eigenvalue weighted by Crippen LogP contribution is 2.25. The lowest BCUT2D eigenvalue weighted by Crippen LogP contribution is -2.46. The van der Waals surface area contributed by atoms with E-state index in [2.05, 4.69) is 29.8 Å². The topological polar surface area (TPSA) is 46.2 Å². The maximum Gasteiger partial charge on any atom is 0.151 e. The fourth-order valence-electron chi connectivity index (χ4n) is 2.84. The highest BCUT2D eigenvalue weighted by molar-refractivity contribution is 7.91. The third kappa shape index (κ3) is 4.04. The number of rotatable bonds is 5. The summed E-state index contributed by atoms with van der Waals surface area (Å²) in [6.45, 7) is 3.05. The van der Waals surface area contributed by atoms with E-state index in [1.165, 1.54) is 11.1 Å². The lowest BCUT2D eigenvalue weighted by Gasteiger charge is -2.31. The van der Waals surface area contributed by atoms with E-state index in [1.54, 1.807) is 11.3 Å². The molecule has 0 amide bonds. The smallest absolute Gasteiger partial charge is 0.151 e. The Morgan fingerprint density at radius 2 is 2.16 bits per heavy atom. The maximum absolute atomic E-state index is 11.8. The lowest BCUT2D eigenvalue weighted by molar-refractivity contribution is 0.366. The standard InChI is InChI=1S/C14H23NO2S2/c1-11(13-7-5-9-18-13)10-15-12-6-3-4-8-14(12)19(2,16)17/h5,7,9,11-12,14-15H,3-4,6,8,10H2,1-2H3. The predicted molar refractivity (Wildman–Crippen MR) is 81.6 cm³/mol. The first kappa shape index (κ1) is 15.0. The highest BCUT2D eigenvalue weighted by Gasteiger charge is 2.32. The molecule has 1 N–H and O–H groups in total. The number of hydrogen-bond acceptors (Lipinski definition) is 4. The minimum Gasteiger partial charge on any atom is -0.312 e. The molecule has 1 heterocycles. The molecule has 1 saturated carbocycles. The van der Waals surface area contributed by atoms with Crippen LogP contribution in [-0.2, 0) is 9.84 Å². The molecule has 0 aliphatic heterocycles. The Morgan fingerprint density at radius 3 is 2.79 bits per heavy atom. The molecule has 108 valence electrons. The molecule has 5 heteroatoms. The third-order valence-electron chi connectivity index (χ3n) is 3.97. The van der Waals surface area contributed by atoms with Crippen LogP contribution in [0, 0.1) is 0 Å². The summed E-state index contributed by atoms with van der Waals surface area (Å²) in [5.74, 6) is 0.446. The van der Waals surface area contributed by atoms with E-state index in [9.17, 15) is 8.42 Å². The van der Waals surface area contributed by atoms with E-state index in [1.807, 2.05) is 0 Å². The van der Waals surface area contributed by atoms with Gasteiger partial charge in [0.2, 0.25) is 0 Å². The Hall–Kier alpha value is -0.390. The van der Waals surface area contributed by atoms with Crippen molar-refractivity contribution in [2.24, 2.45) is 0 Å². The summed E-state index contributed by atoms with van der Waals surface area (Å²) < 4.78 is 23.7. The van der Waals surface area contributed by atoms with Crippen LogP contribution in [0.2, 0.25) is 0 Å². The van der Waals surface area contributed by atoms with Crippen molar-refractivity contribution >= 4 is 21.2 Å². The van der Waals surface area contributed by atoms with Gasteiger partial charge >= 0.3 is 0 Å². The van der Waals surface area contributed by atoms with Crippen molar-refractivity contribution in [2.45, 2.75) is 49.8 Å². The summed E-state index contributed by atoms with van der Waals surface area (Å²) in [6.07, 6.45) is 5.34. The molecular formula is C14H23NO2S2. The van der Waals surface area contributed by atoms with E-state index in [4.69, 9.17) is 0 Å². The van der Waals surface area contributed by atoms with Crippen LogP contribution < -0.4 is 5.32 Å². The van der Waals surface area contributed by atoms with Crippen LogP contribution in [0.1, 0.15) is 43.4 Å². The van der Waals surface area contributed by atoms with Gasteiger partial charge in [-0.15, -0.1) is 11.3 Å². The lowest BCUT2D eigenvalue weighted by atomic mass is 9.94. The summed E-state index contributed by atoms with van der Waals surface area (Å²) in [6, 6.07) is 4.34. The molecule has 0 spiro atoms. The van der Waals surface area contributed by atoms with Crippen LogP contribution in [0.25, 0.3) is 0 Å². The van der Waals surface area contributed by atoms with Crippen LogP contribution in [0.3, 0.4) is 0 Å². The first-order chi connectivity index (χ1) is 8.98. The van der Waals surface area contributed by atoms with Crippen LogP contribution in [0.5, 0.6) is 0 Å². The molecule has 0 radical (unpaired) electrons. The van der Waals surface area contributed by atoms with Crippen molar-refractivity contribution in [3.8, 4) is 0 Å². The first-order valence-electron chi connectivity index (χ1n) is 6.94. The second-order valence-corrected chi connectivity index (χ2v) is 8.83. The van der Waals surface area contributed by atoms with Crippen molar-refractivity contribution in [3.63, 3.8) is 0 Å². The van der Waals surface area contributed by atoms with Gasteiger partial charge in [-0.05, 0) is 24.3 Å². The summed E-state index contributed by atoms with van der Waals surface area (Å²) in [5.41, 5.74) is 0. The van der Waals surface area contributed by atoms with E-state index < -0.39 is 9.84 Å². The molecule has 1 aliphatic carbocycles. The summed E-state index contributed by atoms with van der Waals surface area (Å²) >= 11 is 1.77. The SMILES string of the molecule is CC(CNC1CCCCC1S(C)(=O)=O)c1cccs1. The van der Waals surface area contributed by atoms with Crippen molar-refractivity contribution in [1.82, 2.24) is 5.32 Å².